The van der Waals surface area contributed by atoms with Crippen molar-refractivity contribution in [2.24, 2.45) is 4.36 Å². The number of aryl methyl sites for hydroxylation is 1. The highest BCUT2D eigenvalue weighted by molar-refractivity contribution is 7.61. The van der Waals surface area contributed by atoms with Crippen molar-refractivity contribution in [3.63, 3.8) is 0 Å². The molecule has 2 amide bonds. The molecule has 0 fully saturated rings. The molecule has 182 valence electrons. The van der Waals surface area contributed by atoms with Gasteiger partial charge in [-0.05, 0) is 43.7 Å². The van der Waals surface area contributed by atoms with Crippen LogP contribution in [-0.2, 0) is 23.5 Å². The summed E-state index contributed by atoms with van der Waals surface area (Å²) in [6, 6.07) is 15.5. The Morgan fingerprint density at radius 3 is 2.64 bits per heavy atom. The standard InChI is InChI=1S/C24H21N7O4S/c1-2-29-15-19(14-25-29)31-22-20(11-12-30(24(22)33)18-9-4-3-5-10-18)21(27-31)23(32)26-16-7-6-8-17(13-16)28-36(34)35/h3-10,13-15H,2,11-12H2,1H3,(H,26,32). The number of hydrogen-bond donors (Lipinski definition) is 1. The van der Waals surface area contributed by atoms with Crippen LogP contribution in [0.4, 0.5) is 17.1 Å². The van der Waals surface area contributed by atoms with Gasteiger partial charge < -0.3 is 10.2 Å². The summed E-state index contributed by atoms with van der Waals surface area (Å²) >= 11 is 0. The van der Waals surface area contributed by atoms with Gasteiger partial charge in [-0.3, -0.25) is 14.3 Å². The van der Waals surface area contributed by atoms with Gasteiger partial charge in [0.25, 0.3) is 11.8 Å². The zero-order valence-corrected chi connectivity index (χ0v) is 20.0. The SMILES string of the molecule is CCn1cc(-n2nc(C(=O)Nc3cccc(N=S(=O)=O)c3)c3c2C(=O)N(c2ccccc2)CC3)cn1. The number of benzene rings is 2. The molecule has 1 aliphatic rings. The number of fused-ring (bicyclic) bond motifs is 1. The second kappa shape index (κ2) is 9.58. The number of anilines is 2. The number of carbonyl (C=O) groups is 2. The van der Waals surface area contributed by atoms with E-state index in [0.717, 1.165) is 5.69 Å². The van der Waals surface area contributed by atoms with Gasteiger partial charge in [-0.15, -0.1) is 4.36 Å². The molecule has 36 heavy (non-hydrogen) atoms. The number of para-hydroxylation sites is 1. The maximum absolute atomic E-state index is 13.7. The van der Waals surface area contributed by atoms with Gasteiger partial charge in [0.1, 0.15) is 11.4 Å². The van der Waals surface area contributed by atoms with Crippen molar-refractivity contribution in [3.8, 4) is 5.69 Å². The lowest BCUT2D eigenvalue weighted by Crippen LogP contribution is -2.39. The van der Waals surface area contributed by atoms with E-state index in [2.05, 4.69) is 19.9 Å². The second-order valence-electron chi connectivity index (χ2n) is 8.00. The van der Waals surface area contributed by atoms with Crippen molar-refractivity contribution in [1.82, 2.24) is 19.6 Å². The van der Waals surface area contributed by atoms with Crippen LogP contribution in [0.1, 0.15) is 33.5 Å². The summed E-state index contributed by atoms with van der Waals surface area (Å²) in [5.74, 6) is -0.786. The lowest BCUT2D eigenvalue weighted by Gasteiger charge is -2.27. The Kier molecular flexibility index (Phi) is 6.17. The Bertz CT molecular complexity index is 1600. The number of nitrogens with one attached hydrogen (secondary N) is 1. The monoisotopic (exact) mass is 503 g/mol. The van der Waals surface area contributed by atoms with Gasteiger partial charge in [-0.1, -0.05) is 24.3 Å². The van der Waals surface area contributed by atoms with Crippen LogP contribution in [0.2, 0.25) is 0 Å². The number of aromatic nitrogens is 4. The van der Waals surface area contributed by atoms with Crippen LogP contribution in [0, 0.1) is 0 Å². The summed E-state index contributed by atoms with van der Waals surface area (Å²) < 4.78 is 28.4. The van der Waals surface area contributed by atoms with Gasteiger partial charge in [0, 0.05) is 30.0 Å². The van der Waals surface area contributed by atoms with E-state index in [-0.39, 0.29) is 17.3 Å². The van der Waals surface area contributed by atoms with Crippen molar-refractivity contribution < 1.29 is 18.0 Å². The van der Waals surface area contributed by atoms with E-state index in [1.807, 2.05) is 37.3 Å². The van der Waals surface area contributed by atoms with Crippen LogP contribution in [-0.4, -0.2) is 46.3 Å². The highest BCUT2D eigenvalue weighted by atomic mass is 32.2. The van der Waals surface area contributed by atoms with Crippen molar-refractivity contribution >= 4 is 39.4 Å². The quantitative estimate of drug-likeness (QED) is 0.430. The van der Waals surface area contributed by atoms with Crippen molar-refractivity contribution in [2.75, 3.05) is 16.8 Å². The summed E-state index contributed by atoms with van der Waals surface area (Å²) in [5.41, 5.74) is 2.80. The van der Waals surface area contributed by atoms with Crippen LogP contribution < -0.4 is 10.2 Å². The third kappa shape index (κ3) is 4.41. The van der Waals surface area contributed by atoms with Crippen LogP contribution in [0.5, 0.6) is 0 Å². The minimum atomic E-state index is -2.62. The molecule has 2 aromatic carbocycles. The molecule has 12 heteroatoms. The number of amides is 2. The first-order chi connectivity index (χ1) is 17.4. The molecule has 0 saturated heterocycles. The summed E-state index contributed by atoms with van der Waals surface area (Å²) in [5, 5.41) is 11.6. The summed E-state index contributed by atoms with van der Waals surface area (Å²) in [4.78, 5) is 28.6. The number of nitrogens with zero attached hydrogens (tertiary/aromatic N) is 6. The smallest absolute Gasteiger partial charge is 0.316 e. The Labute approximate surface area is 207 Å². The molecule has 4 aromatic rings. The Morgan fingerprint density at radius 2 is 1.92 bits per heavy atom. The Hall–Kier alpha value is -4.58. The molecule has 0 spiro atoms. The molecule has 0 atom stereocenters. The van der Waals surface area contributed by atoms with E-state index < -0.39 is 16.4 Å². The second-order valence-corrected chi connectivity index (χ2v) is 8.61. The molecule has 5 rings (SSSR count). The van der Waals surface area contributed by atoms with Gasteiger partial charge in [0.2, 0.25) is 0 Å². The zero-order chi connectivity index (χ0) is 25.2. The van der Waals surface area contributed by atoms with Gasteiger partial charge >= 0.3 is 10.5 Å². The number of rotatable bonds is 6. The minimum absolute atomic E-state index is 0.116. The normalized spacial score (nSPS) is 12.8. The molecule has 0 bridgehead atoms. The zero-order valence-electron chi connectivity index (χ0n) is 19.2. The van der Waals surface area contributed by atoms with Gasteiger partial charge in [0.05, 0.1) is 18.1 Å². The lowest BCUT2D eigenvalue weighted by atomic mass is 10.0. The topological polar surface area (TPSA) is 132 Å². The number of carbonyl (C=O) groups excluding carboxylic acids is 2. The molecular formula is C24H21N7O4S. The van der Waals surface area contributed by atoms with E-state index in [1.165, 1.54) is 16.8 Å². The Morgan fingerprint density at radius 1 is 1.11 bits per heavy atom. The van der Waals surface area contributed by atoms with Crippen LogP contribution in [0.25, 0.3) is 5.69 Å². The molecule has 0 saturated carbocycles. The van der Waals surface area contributed by atoms with Crippen molar-refractivity contribution in [3.05, 3.63) is 83.9 Å². The maximum atomic E-state index is 13.7. The van der Waals surface area contributed by atoms with Gasteiger partial charge in [-0.2, -0.15) is 18.6 Å². The minimum Gasteiger partial charge on any atom is -0.321 e. The molecular weight excluding hydrogens is 482 g/mol. The van der Waals surface area contributed by atoms with E-state index in [4.69, 9.17) is 0 Å². The predicted molar refractivity (Wildman–Crippen MR) is 132 cm³/mol. The summed E-state index contributed by atoms with van der Waals surface area (Å²) in [6.45, 7) is 2.97. The van der Waals surface area contributed by atoms with E-state index in [9.17, 15) is 18.0 Å². The fourth-order valence-electron chi connectivity index (χ4n) is 4.14. The first-order valence-electron chi connectivity index (χ1n) is 11.2. The maximum Gasteiger partial charge on any atom is 0.316 e. The average molecular weight is 504 g/mol. The molecule has 1 N–H and O–H groups in total. The fraction of sp³-hybridized carbons (Fsp3) is 0.167. The fourth-order valence-corrected chi connectivity index (χ4v) is 4.42. The predicted octanol–water partition coefficient (Wildman–Crippen LogP) is 3.24. The lowest BCUT2D eigenvalue weighted by molar-refractivity contribution is 0.0973. The molecule has 0 radical (unpaired) electrons. The van der Waals surface area contributed by atoms with E-state index in [0.29, 0.717) is 42.1 Å². The van der Waals surface area contributed by atoms with Crippen molar-refractivity contribution in [1.29, 1.82) is 0 Å². The van der Waals surface area contributed by atoms with Crippen LogP contribution >= 0.6 is 0 Å². The molecule has 3 heterocycles. The van der Waals surface area contributed by atoms with E-state index in [1.54, 1.807) is 34.1 Å². The molecule has 0 unspecified atom stereocenters. The first kappa shape index (κ1) is 23.2. The Balaban J connectivity index is 1.56. The third-order valence-corrected chi connectivity index (χ3v) is 6.13. The molecule has 1 aliphatic heterocycles. The molecule has 2 aromatic heterocycles. The summed E-state index contributed by atoms with van der Waals surface area (Å²) in [6.07, 6.45) is 3.78. The summed E-state index contributed by atoms with van der Waals surface area (Å²) in [7, 11) is -2.62. The molecule has 0 aliphatic carbocycles. The van der Waals surface area contributed by atoms with Crippen LogP contribution in [0.15, 0.2) is 71.4 Å². The highest BCUT2D eigenvalue weighted by Gasteiger charge is 2.35. The van der Waals surface area contributed by atoms with Crippen LogP contribution in [0.3, 0.4) is 0 Å². The van der Waals surface area contributed by atoms with E-state index >= 15 is 0 Å². The molecule has 11 nitrogen and oxygen atoms in total. The van der Waals surface area contributed by atoms with Crippen molar-refractivity contribution in [2.45, 2.75) is 19.9 Å². The van der Waals surface area contributed by atoms with Gasteiger partial charge in [-0.25, -0.2) is 4.68 Å². The number of hydrogen-bond acceptors (Lipinski definition) is 7. The first-order valence-corrected chi connectivity index (χ1v) is 12.2. The highest BCUT2D eigenvalue weighted by Crippen LogP contribution is 2.29. The van der Waals surface area contributed by atoms with Gasteiger partial charge in [0.15, 0.2) is 5.69 Å². The average Bonchev–Trinajstić information content (AvgIpc) is 3.50. The largest absolute Gasteiger partial charge is 0.321 e. The third-order valence-electron chi connectivity index (χ3n) is 5.77.